The molecule has 1 rings (SSSR count). The Labute approximate surface area is 81.5 Å². The Morgan fingerprint density at radius 2 is 2.57 bits per heavy atom. The first-order valence-corrected chi connectivity index (χ1v) is 4.28. The van der Waals surface area contributed by atoms with Crippen LogP contribution in [0.15, 0.2) is 22.9 Å². The molecule has 0 aliphatic carbocycles. The molecule has 0 saturated carbocycles. The number of carbonyl (C=O) groups is 1. The quantitative estimate of drug-likeness (QED) is 0.685. The van der Waals surface area contributed by atoms with Crippen LogP contribution in [0.25, 0.3) is 0 Å². The van der Waals surface area contributed by atoms with E-state index in [1.165, 1.54) is 6.20 Å². The molecule has 0 fully saturated rings. The Balaban J connectivity index is 2.34. The summed E-state index contributed by atoms with van der Waals surface area (Å²) in [4.78, 5) is 14.1. The van der Waals surface area contributed by atoms with E-state index in [4.69, 9.17) is 9.52 Å². The average molecular weight is 196 g/mol. The van der Waals surface area contributed by atoms with Crippen LogP contribution in [0.1, 0.15) is 18.6 Å². The maximum atomic E-state index is 10.1. The van der Waals surface area contributed by atoms with Crippen molar-refractivity contribution in [3.63, 3.8) is 0 Å². The van der Waals surface area contributed by atoms with Crippen LogP contribution in [0.3, 0.4) is 0 Å². The third-order valence-electron chi connectivity index (χ3n) is 1.55. The fourth-order valence-electron chi connectivity index (χ4n) is 0.870. The largest absolute Gasteiger partial charge is 0.478 e. The Bertz CT molecular complexity index is 331. The molecule has 0 bridgehead atoms. The van der Waals surface area contributed by atoms with Crippen LogP contribution in [-0.2, 0) is 17.8 Å². The molecule has 0 unspecified atom stereocenters. The summed E-state index contributed by atoms with van der Waals surface area (Å²) in [5.41, 5.74) is 0. The first kappa shape index (κ1) is 10.3. The Morgan fingerprint density at radius 3 is 3.14 bits per heavy atom. The minimum atomic E-state index is -0.987. The number of hydrogen-bond donors (Lipinski definition) is 2. The standard InChI is InChI=1S/C9H12N2O3/c1-2-7-5-11-8(14-7)6-10-4-3-9(12)13/h3-5,10H,2,6H2,1H3,(H,12,13)/b4-3+. The molecule has 1 aromatic heterocycles. The van der Waals surface area contributed by atoms with Crippen molar-refractivity contribution in [3.05, 3.63) is 30.1 Å². The summed E-state index contributed by atoms with van der Waals surface area (Å²) in [5.74, 6) is 0.389. The van der Waals surface area contributed by atoms with Crippen molar-refractivity contribution in [1.82, 2.24) is 10.3 Å². The van der Waals surface area contributed by atoms with Crippen molar-refractivity contribution < 1.29 is 14.3 Å². The molecule has 0 aliphatic rings. The number of carboxylic acid groups (broad SMARTS) is 1. The van der Waals surface area contributed by atoms with Gasteiger partial charge in [0.05, 0.1) is 12.7 Å². The van der Waals surface area contributed by atoms with E-state index in [0.717, 1.165) is 18.3 Å². The molecule has 0 radical (unpaired) electrons. The molecule has 2 N–H and O–H groups in total. The van der Waals surface area contributed by atoms with E-state index in [2.05, 4.69) is 10.3 Å². The summed E-state index contributed by atoms with van der Waals surface area (Å²) in [5, 5.41) is 11.0. The average Bonchev–Trinajstić information content (AvgIpc) is 2.60. The second kappa shape index (κ2) is 5.06. The van der Waals surface area contributed by atoms with Gasteiger partial charge in [0.2, 0.25) is 5.89 Å². The normalized spacial score (nSPS) is 10.6. The zero-order valence-electron chi connectivity index (χ0n) is 7.86. The molecular weight excluding hydrogens is 184 g/mol. The van der Waals surface area contributed by atoms with E-state index in [9.17, 15) is 4.79 Å². The van der Waals surface area contributed by atoms with Crippen molar-refractivity contribution in [2.24, 2.45) is 0 Å². The molecular formula is C9H12N2O3. The lowest BCUT2D eigenvalue weighted by Crippen LogP contribution is -2.05. The number of hydrogen-bond acceptors (Lipinski definition) is 4. The Hall–Kier alpha value is -1.78. The molecule has 76 valence electrons. The van der Waals surface area contributed by atoms with Gasteiger partial charge in [0, 0.05) is 18.7 Å². The number of aryl methyl sites for hydroxylation is 1. The summed E-state index contributed by atoms with van der Waals surface area (Å²) >= 11 is 0. The molecule has 0 aromatic carbocycles. The van der Waals surface area contributed by atoms with Gasteiger partial charge in [0.25, 0.3) is 0 Å². The monoisotopic (exact) mass is 196 g/mol. The van der Waals surface area contributed by atoms with Gasteiger partial charge in [-0.3, -0.25) is 0 Å². The maximum absolute atomic E-state index is 10.1. The molecule has 5 nitrogen and oxygen atoms in total. The smallest absolute Gasteiger partial charge is 0.329 e. The van der Waals surface area contributed by atoms with Gasteiger partial charge in [-0.1, -0.05) is 6.92 Å². The molecule has 0 spiro atoms. The molecule has 1 aromatic rings. The lowest BCUT2D eigenvalue weighted by Gasteiger charge is -1.94. The highest BCUT2D eigenvalue weighted by molar-refractivity contribution is 5.79. The van der Waals surface area contributed by atoms with Gasteiger partial charge in [-0.15, -0.1) is 0 Å². The number of nitrogens with zero attached hydrogens (tertiary/aromatic N) is 1. The molecule has 0 amide bonds. The molecule has 0 saturated heterocycles. The molecule has 0 aliphatic heterocycles. The number of aliphatic carboxylic acids is 1. The summed E-state index contributed by atoms with van der Waals surface area (Å²) < 4.78 is 5.28. The Kier molecular flexibility index (Phi) is 3.72. The lowest BCUT2D eigenvalue weighted by atomic mass is 10.4. The van der Waals surface area contributed by atoms with Gasteiger partial charge in [0.1, 0.15) is 5.76 Å². The number of nitrogens with one attached hydrogen (secondary N) is 1. The number of aromatic nitrogens is 1. The van der Waals surface area contributed by atoms with E-state index in [1.807, 2.05) is 6.92 Å². The van der Waals surface area contributed by atoms with Crippen molar-refractivity contribution >= 4 is 5.97 Å². The van der Waals surface area contributed by atoms with Crippen LogP contribution in [0.5, 0.6) is 0 Å². The SMILES string of the molecule is CCc1cnc(CN/C=C/C(=O)O)o1. The van der Waals surface area contributed by atoms with Crippen LogP contribution in [0.2, 0.25) is 0 Å². The predicted molar refractivity (Wildman–Crippen MR) is 49.5 cm³/mol. The lowest BCUT2D eigenvalue weighted by molar-refractivity contribution is -0.131. The van der Waals surface area contributed by atoms with Gasteiger partial charge >= 0.3 is 5.97 Å². The van der Waals surface area contributed by atoms with Crippen molar-refractivity contribution in [1.29, 1.82) is 0 Å². The minimum absolute atomic E-state index is 0.393. The molecule has 1 heterocycles. The van der Waals surface area contributed by atoms with Crippen molar-refractivity contribution in [2.45, 2.75) is 19.9 Å². The van der Waals surface area contributed by atoms with Crippen LogP contribution < -0.4 is 5.32 Å². The van der Waals surface area contributed by atoms with E-state index < -0.39 is 5.97 Å². The second-order valence-electron chi connectivity index (χ2n) is 2.63. The van der Waals surface area contributed by atoms with Gasteiger partial charge < -0.3 is 14.8 Å². The topological polar surface area (TPSA) is 75.4 Å². The summed E-state index contributed by atoms with van der Waals surface area (Å²) in [6.07, 6.45) is 4.83. The van der Waals surface area contributed by atoms with E-state index >= 15 is 0 Å². The van der Waals surface area contributed by atoms with Crippen molar-refractivity contribution in [2.75, 3.05) is 0 Å². The second-order valence-corrected chi connectivity index (χ2v) is 2.63. The molecule has 5 heteroatoms. The van der Waals surface area contributed by atoms with Gasteiger partial charge in [0.15, 0.2) is 0 Å². The fourth-order valence-corrected chi connectivity index (χ4v) is 0.870. The van der Waals surface area contributed by atoms with Crippen LogP contribution in [0.4, 0.5) is 0 Å². The van der Waals surface area contributed by atoms with Gasteiger partial charge in [-0.05, 0) is 0 Å². The minimum Gasteiger partial charge on any atom is -0.478 e. The van der Waals surface area contributed by atoms with Crippen LogP contribution >= 0.6 is 0 Å². The van der Waals surface area contributed by atoms with Gasteiger partial charge in [-0.25, -0.2) is 9.78 Å². The van der Waals surface area contributed by atoms with E-state index in [0.29, 0.717) is 12.4 Å². The maximum Gasteiger partial charge on any atom is 0.329 e. The third kappa shape index (κ3) is 3.30. The van der Waals surface area contributed by atoms with Crippen LogP contribution in [0, 0.1) is 0 Å². The van der Waals surface area contributed by atoms with E-state index in [-0.39, 0.29) is 0 Å². The first-order valence-electron chi connectivity index (χ1n) is 4.28. The van der Waals surface area contributed by atoms with Crippen LogP contribution in [-0.4, -0.2) is 16.1 Å². The zero-order chi connectivity index (χ0) is 10.4. The number of rotatable bonds is 5. The van der Waals surface area contributed by atoms with Crippen molar-refractivity contribution in [3.8, 4) is 0 Å². The Morgan fingerprint density at radius 1 is 1.79 bits per heavy atom. The highest BCUT2D eigenvalue weighted by atomic mass is 16.4. The number of carboxylic acids is 1. The number of oxazole rings is 1. The zero-order valence-corrected chi connectivity index (χ0v) is 7.86. The van der Waals surface area contributed by atoms with Gasteiger partial charge in [-0.2, -0.15) is 0 Å². The predicted octanol–water partition coefficient (Wildman–Crippen LogP) is 0.925. The fraction of sp³-hybridized carbons (Fsp3) is 0.333. The summed E-state index contributed by atoms with van der Waals surface area (Å²) in [6, 6.07) is 0. The first-order chi connectivity index (χ1) is 6.72. The van der Waals surface area contributed by atoms with E-state index in [1.54, 1.807) is 6.20 Å². The third-order valence-corrected chi connectivity index (χ3v) is 1.55. The molecule has 14 heavy (non-hydrogen) atoms. The summed E-state index contributed by atoms with van der Waals surface area (Å²) in [6.45, 7) is 2.37. The summed E-state index contributed by atoms with van der Waals surface area (Å²) in [7, 11) is 0. The molecule has 0 atom stereocenters. The highest BCUT2D eigenvalue weighted by Crippen LogP contribution is 2.03. The highest BCUT2D eigenvalue weighted by Gasteiger charge is 1.99.